The van der Waals surface area contributed by atoms with Gasteiger partial charge in [0.2, 0.25) is 0 Å². The summed E-state index contributed by atoms with van der Waals surface area (Å²) in [5.74, 6) is 0. The summed E-state index contributed by atoms with van der Waals surface area (Å²) in [5, 5.41) is 1.03. The van der Waals surface area contributed by atoms with Crippen molar-refractivity contribution in [3.8, 4) is 6.08 Å². The Bertz CT molecular complexity index is 1000. The van der Waals surface area contributed by atoms with E-state index in [2.05, 4.69) is 35.3 Å². The molecule has 0 radical (unpaired) electrons. The molecule has 0 aliphatic heterocycles. The Kier molecular flexibility index (Phi) is 7.96. The van der Waals surface area contributed by atoms with Gasteiger partial charge in [-0.3, -0.25) is 0 Å². The molecule has 0 N–H and O–H groups in total. The van der Waals surface area contributed by atoms with Crippen LogP contribution in [0.3, 0.4) is 0 Å². The van der Waals surface area contributed by atoms with Gasteiger partial charge in [-0.1, -0.05) is 79.2 Å². The molecule has 0 bridgehead atoms. The quantitative estimate of drug-likeness (QED) is 0.331. The third kappa shape index (κ3) is 5.97. The molecule has 0 atom stereocenters. The number of fused-ring (bicyclic) bond motifs is 1. The lowest BCUT2D eigenvalue weighted by atomic mass is 10.1. The third-order valence-corrected chi connectivity index (χ3v) is 5.84. The zero-order valence-corrected chi connectivity index (χ0v) is 18.1. The van der Waals surface area contributed by atoms with Crippen molar-refractivity contribution < 1.29 is 9.15 Å². The first-order chi connectivity index (χ1) is 14.1. The van der Waals surface area contributed by atoms with E-state index in [0.717, 1.165) is 19.3 Å². The fraction of sp³-hybridized carbons (Fsp3) is 0.391. The molecule has 0 aliphatic carbocycles. The second-order valence-electron chi connectivity index (χ2n) is 7.16. The van der Waals surface area contributed by atoms with Gasteiger partial charge >= 0.3 is 11.7 Å². The minimum atomic E-state index is -0.514. The lowest BCUT2D eigenvalue weighted by molar-refractivity contribution is 0.211. The molecule has 1 aromatic heterocycles. The third-order valence-electron chi connectivity index (χ3n) is 4.96. The first kappa shape index (κ1) is 21.7. The van der Waals surface area contributed by atoms with E-state index in [4.69, 9.17) is 32.4 Å². The highest BCUT2D eigenvalue weighted by atomic mass is 35.5. The molecule has 3 aromatic rings. The lowest BCUT2D eigenvalue weighted by Crippen LogP contribution is -2.08. The van der Waals surface area contributed by atoms with Crippen molar-refractivity contribution in [3.63, 3.8) is 0 Å². The highest BCUT2D eigenvalue weighted by Gasteiger charge is 2.14. The molecule has 0 aliphatic rings. The van der Waals surface area contributed by atoms with Crippen molar-refractivity contribution in [1.82, 2.24) is 4.98 Å². The number of nitrogens with zero attached hydrogens (tertiary/aromatic N) is 1. The Morgan fingerprint density at radius 1 is 1.00 bits per heavy atom. The molecule has 0 saturated heterocycles. The van der Waals surface area contributed by atoms with E-state index < -0.39 is 5.63 Å². The van der Waals surface area contributed by atoms with Gasteiger partial charge in [0.05, 0.1) is 27.6 Å². The Balaban J connectivity index is 1.38. The Hall–Kier alpha value is -2.04. The fourth-order valence-corrected chi connectivity index (χ4v) is 3.73. The van der Waals surface area contributed by atoms with Crippen LogP contribution in [0, 0.1) is 6.92 Å². The molecule has 0 saturated carbocycles. The fourth-order valence-electron chi connectivity index (χ4n) is 3.34. The summed E-state index contributed by atoms with van der Waals surface area (Å²) in [7, 11) is 0. The largest absolute Gasteiger partial charge is 0.450 e. The molecule has 2 aromatic carbocycles. The smallest absolute Gasteiger partial charge is 0.397 e. The molecule has 0 unspecified atom stereocenters. The van der Waals surface area contributed by atoms with Gasteiger partial charge in [0.1, 0.15) is 0 Å². The van der Waals surface area contributed by atoms with Crippen LogP contribution in [0.5, 0.6) is 6.08 Å². The summed E-state index contributed by atoms with van der Waals surface area (Å²) in [6.45, 7) is 2.18. The molecule has 6 heteroatoms. The van der Waals surface area contributed by atoms with Crippen LogP contribution in [0.25, 0.3) is 10.9 Å². The summed E-state index contributed by atoms with van der Waals surface area (Å²) in [4.78, 5) is 16.5. The van der Waals surface area contributed by atoms with Crippen LogP contribution in [0.15, 0.2) is 45.6 Å². The van der Waals surface area contributed by atoms with Gasteiger partial charge in [0.25, 0.3) is 0 Å². The molecule has 154 valence electrons. The maximum atomic E-state index is 12.2. The van der Waals surface area contributed by atoms with Crippen LogP contribution in [0.1, 0.15) is 49.7 Å². The molecular formula is C23H25Cl2NO3. The Morgan fingerprint density at radius 2 is 1.69 bits per heavy atom. The maximum Gasteiger partial charge on any atom is 0.397 e. The van der Waals surface area contributed by atoms with Gasteiger partial charge < -0.3 is 9.15 Å². The van der Waals surface area contributed by atoms with E-state index in [-0.39, 0.29) is 6.08 Å². The second-order valence-corrected chi connectivity index (χ2v) is 7.95. The Labute approximate surface area is 180 Å². The highest BCUT2D eigenvalue weighted by molar-refractivity contribution is 6.43. The molecule has 3 rings (SSSR count). The number of halogens is 2. The first-order valence-electron chi connectivity index (χ1n) is 10.0. The summed E-state index contributed by atoms with van der Waals surface area (Å²) in [6, 6.07) is 12.2. The van der Waals surface area contributed by atoms with Crippen LogP contribution in [-0.2, 0) is 6.42 Å². The van der Waals surface area contributed by atoms with Crippen LogP contribution >= 0.6 is 23.2 Å². The van der Waals surface area contributed by atoms with Gasteiger partial charge in [-0.15, -0.1) is 0 Å². The molecule has 0 amide bonds. The summed E-state index contributed by atoms with van der Waals surface area (Å²) in [6.07, 6.45) is 7.92. The summed E-state index contributed by atoms with van der Waals surface area (Å²) < 4.78 is 10.7. The number of hydrogen-bond donors (Lipinski definition) is 0. The van der Waals surface area contributed by atoms with Gasteiger partial charge in [-0.05, 0) is 43.4 Å². The number of ether oxygens (including phenoxy) is 1. The molecule has 29 heavy (non-hydrogen) atoms. The normalized spacial score (nSPS) is 11.1. The number of aryl methyl sites for hydroxylation is 2. The van der Waals surface area contributed by atoms with E-state index in [1.54, 1.807) is 13.0 Å². The van der Waals surface area contributed by atoms with Crippen molar-refractivity contribution in [1.29, 1.82) is 0 Å². The molecule has 0 spiro atoms. The van der Waals surface area contributed by atoms with E-state index in [9.17, 15) is 4.79 Å². The minimum Gasteiger partial charge on any atom is -0.450 e. The maximum absolute atomic E-state index is 12.2. The zero-order chi connectivity index (χ0) is 20.6. The van der Waals surface area contributed by atoms with Gasteiger partial charge in [-0.2, -0.15) is 4.98 Å². The van der Waals surface area contributed by atoms with E-state index in [1.165, 1.54) is 31.2 Å². The van der Waals surface area contributed by atoms with Crippen molar-refractivity contribution >= 4 is 34.1 Å². The van der Waals surface area contributed by atoms with Gasteiger partial charge in [-0.25, -0.2) is 4.79 Å². The predicted molar refractivity (Wildman–Crippen MR) is 118 cm³/mol. The van der Waals surface area contributed by atoms with Crippen molar-refractivity contribution in [2.75, 3.05) is 6.61 Å². The zero-order valence-electron chi connectivity index (χ0n) is 16.5. The topological polar surface area (TPSA) is 52.3 Å². The van der Waals surface area contributed by atoms with Crippen LogP contribution < -0.4 is 10.4 Å². The lowest BCUT2D eigenvalue weighted by Gasteiger charge is -2.07. The molecular weight excluding hydrogens is 409 g/mol. The standard InChI is InChI=1S/C23H25Cl2NO3/c1-16-20-19(15-18(24)21(16)25)26-23(29-22(20)27)28-14-10-5-3-2-4-7-11-17-12-8-6-9-13-17/h6,8-9,12-13,15H,2-5,7,10-11,14H2,1H3. The number of benzene rings is 2. The van der Waals surface area contributed by atoms with Gasteiger partial charge in [0.15, 0.2) is 0 Å². The van der Waals surface area contributed by atoms with Gasteiger partial charge in [0, 0.05) is 0 Å². The summed E-state index contributed by atoms with van der Waals surface area (Å²) in [5.41, 5.74) is 1.89. The van der Waals surface area contributed by atoms with Crippen LogP contribution in [0.4, 0.5) is 0 Å². The van der Waals surface area contributed by atoms with Crippen molar-refractivity contribution in [3.05, 3.63) is 68.0 Å². The van der Waals surface area contributed by atoms with Crippen LogP contribution in [0.2, 0.25) is 10.0 Å². The SMILES string of the molecule is Cc1c(Cl)c(Cl)cc2nc(OCCCCCCCCc3ccccc3)oc(=O)c12. The second kappa shape index (κ2) is 10.7. The highest BCUT2D eigenvalue weighted by Crippen LogP contribution is 2.31. The number of rotatable bonds is 10. The average Bonchev–Trinajstić information content (AvgIpc) is 2.71. The van der Waals surface area contributed by atoms with E-state index in [0.29, 0.717) is 33.1 Å². The Morgan fingerprint density at radius 3 is 2.45 bits per heavy atom. The van der Waals surface area contributed by atoms with E-state index >= 15 is 0 Å². The van der Waals surface area contributed by atoms with Crippen molar-refractivity contribution in [2.45, 2.75) is 51.9 Å². The number of unbranched alkanes of at least 4 members (excludes halogenated alkanes) is 5. The van der Waals surface area contributed by atoms with Crippen LogP contribution in [-0.4, -0.2) is 11.6 Å². The van der Waals surface area contributed by atoms with Crippen molar-refractivity contribution in [2.24, 2.45) is 0 Å². The molecule has 4 nitrogen and oxygen atoms in total. The monoisotopic (exact) mass is 433 g/mol. The number of aromatic nitrogens is 1. The molecule has 0 fully saturated rings. The molecule has 1 heterocycles. The summed E-state index contributed by atoms with van der Waals surface area (Å²) >= 11 is 12.2. The number of hydrogen-bond acceptors (Lipinski definition) is 4. The first-order valence-corrected chi connectivity index (χ1v) is 10.8. The average molecular weight is 434 g/mol. The predicted octanol–water partition coefficient (Wildman–Crippen LogP) is 6.77. The minimum absolute atomic E-state index is 0.0249. The van der Waals surface area contributed by atoms with E-state index in [1.807, 2.05) is 0 Å².